The minimum Gasteiger partial charge on any atom is -0.493 e. The van der Waals surface area contributed by atoms with Crippen molar-refractivity contribution >= 4 is 16.0 Å². The highest BCUT2D eigenvalue weighted by molar-refractivity contribution is 7.89. The van der Waals surface area contributed by atoms with Gasteiger partial charge in [-0.3, -0.25) is 4.79 Å². The molecule has 0 aromatic heterocycles. The van der Waals surface area contributed by atoms with E-state index in [1.807, 2.05) is 0 Å². The number of nitrogens with zero attached hydrogens (tertiary/aromatic N) is 1. The quantitative estimate of drug-likeness (QED) is 0.850. The summed E-state index contributed by atoms with van der Waals surface area (Å²) in [5.41, 5.74) is 0.859. The van der Waals surface area contributed by atoms with Crippen LogP contribution >= 0.6 is 0 Å². The molecule has 0 atom stereocenters. The summed E-state index contributed by atoms with van der Waals surface area (Å²) in [6, 6.07) is 4.73. The van der Waals surface area contributed by atoms with Crippen molar-refractivity contribution in [3.63, 3.8) is 0 Å². The van der Waals surface area contributed by atoms with Gasteiger partial charge in [0.25, 0.3) is 0 Å². The zero-order chi connectivity index (χ0) is 15.0. The van der Waals surface area contributed by atoms with Gasteiger partial charge in [0.15, 0.2) is 0 Å². The number of carbonyl (C=O) groups is 1. The summed E-state index contributed by atoms with van der Waals surface area (Å²) in [6.07, 6.45) is 2.60. The molecular weight excluding hydrogens is 294 g/mol. The molecule has 1 fully saturated rings. The van der Waals surface area contributed by atoms with Gasteiger partial charge in [-0.05, 0) is 42.5 Å². The summed E-state index contributed by atoms with van der Waals surface area (Å²) in [5.74, 6) is -0.137. The summed E-state index contributed by atoms with van der Waals surface area (Å²) in [6.45, 7) is 0.342. The van der Waals surface area contributed by atoms with Crippen LogP contribution in [0.5, 0.6) is 5.75 Å². The Balaban J connectivity index is 1.90. The molecule has 1 aromatic rings. The third-order valence-electron chi connectivity index (χ3n) is 3.77. The third kappa shape index (κ3) is 3.03. The maximum atomic E-state index is 12.7. The average molecular weight is 311 g/mol. The van der Waals surface area contributed by atoms with Crippen molar-refractivity contribution < 1.29 is 23.1 Å². The van der Waals surface area contributed by atoms with Crippen molar-refractivity contribution in [2.75, 3.05) is 19.7 Å². The minimum atomic E-state index is -3.78. The van der Waals surface area contributed by atoms with Crippen molar-refractivity contribution in [2.24, 2.45) is 5.92 Å². The fraction of sp³-hybridized carbons (Fsp3) is 0.500. The maximum absolute atomic E-state index is 12.7. The Bertz CT molecular complexity index is 666. The molecule has 1 aromatic carbocycles. The number of benzene rings is 1. The molecule has 0 bridgehead atoms. The van der Waals surface area contributed by atoms with E-state index >= 15 is 0 Å². The summed E-state index contributed by atoms with van der Waals surface area (Å²) in [5, 5.41) is 8.96. The molecule has 6 nitrogen and oxygen atoms in total. The Morgan fingerprint density at radius 1 is 1.38 bits per heavy atom. The first-order valence-corrected chi connectivity index (χ1v) is 8.38. The number of aliphatic carboxylic acids is 1. The number of rotatable bonds is 6. The highest BCUT2D eigenvalue weighted by Gasteiger charge is 2.33. The Hall–Kier alpha value is -1.60. The Morgan fingerprint density at radius 3 is 2.81 bits per heavy atom. The molecule has 114 valence electrons. The topological polar surface area (TPSA) is 83.9 Å². The van der Waals surface area contributed by atoms with Crippen LogP contribution in [0.1, 0.15) is 18.4 Å². The van der Waals surface area contributed by atoms with Gasteiger partial charge < -0.3 is 9.84 Å². The molecule has 0 spiro atoms. The average Bonchev–Trinajstić information content (AvgIpc) is 3.12. The second kappa shape index (κ2) is 5.31. The lowest BCUT2D eigenvalue weighted by Crippen LogP contribution is -2.37. The number of sulfonamides is 1. The number of carboxylic acid groups (broad SMARTS) is 1. The van der Waals surface area contributed by atoms with E-state index in [-0.39, 0.29) is 17.4 Å². The number of ether oxygens (including phenoxy) is 1. The van der Waals surface area contributed by atoms with Gasteiger partial charge >= 0.3 is 5.97 Å². The largest absolute Gasteiger partial charge is 0.493 e. The SMILES string of the molecule is O=C(O)CN(CC1CC1)S(=O)(=O)c1ccc2c(c1)CCO2. The Morgan fingerprint density at radius 2 is 2.14 bits per heavy atom. The van der Waals surface area contributed by atoms with E-state index in [1.54, 1.807) is 12.1 Å². The molecule has 1 aliphatic heterocycles. The van der Waals surface area contributed by atoms with Crippen molar-refractivity contribution in [3.8, 4) is 5.75 Å². The van der Waals surface area contributed by atoms with Gasteiger partial charge in [0, 0.05) is 13.0 Å². The maximum Gasteiger partial charge on any atom is 0.318 e. The first kappa shape index (κ1) is 14.3. The Kier molecular flexibility index (Phi) is 3.62. The molecule has 0 saturated heterocycles. The van der Waals surface area contributed by atoms with Gasteiger partial charge in [0.05, 0.1) is 11.5 Å². The smallest absolute Gasteiger partial charge is 0.318 e. The van der Waals surface area contributed by atoms with Gasteiger partial charge in [-0.15, -0.1) is 0 Å². The van der Waals surface area contributed by atoms with Crippen LogP contribution in [0, 0.1) is 5.92 Å². The van der Waals surface area contributed by atoms with E-state index in [0.29, 0.717) is 18.8 Å². The zero-order valence-corrected chi connectivity index (χ0v) is 12.3. The fourth-order valence-corrected chi connectivity index (χ4v) is 3.98. The van der Waals surface area contributed by atoms with Gasteiger partial charge in [0.2, 0.25) is 10.0 Å². The zero-order valence-electron chi connectivity index (χ0n) is 11.5. The molecular formula is C14H17NO5S. The van der Waals surface area contributed by atoms with Crippen LogP contribution in [0.3, 0.4) is 0 Å². The fourth-order valence-electron chi connectivity index (χ4n) is 2.46. The van der Waals surface area contributed by atoms with Crippen LogP contribution in [-0.2, 0) is 21.2 Å². The first-order valence-electron chi connectivity index (χ1n) is 6.94. The van der Waals surface area contributed by atoms with Crippen LogP contribution < -0.4 is 4.74 Å². The summed E-state index contributed by atoms with van der Waals surface area (Å²) in [4.78, 5) is 11.1. The highest BCUT2D eigenvalue weighted by Crippen LogP contribution is 2.33. The highest BCUT2D eigenvalue weighted by atomic mass is 32.2. The third-order valence-corrected chi connectivity index (χ3v) is 5.58. The molecule has 1 saturated carbocycles. The number of fused-ring (bicyclic) bond motifs is 1. The lowest BCUT2D eigenvalue weighted by Gasteiger charge is -2.20. The minimum absolute atomic E-state index is 0.147. The van der Waals surface area contributed by atoms with Crippen molar-refractivity contribution in [2.45, 2.75) is 24.2 Å². The van der Waals surface area contributed by atoms with Crippen LogP contribution in [0.2, 0.25) is 0 Å². The molecule has 0 amide bonds. The normalized spacial score (nSPS) is 17.6. The standard InChI is InChI=1S/C14H17NO5S/c16-14(17)9-15(8-10-1-2-10)21(18,19)12-3-4-13-11(7-12)5-6-20-13/h3-4,7,10H,1-2,5-6,8-9H2,(H,16,17). The van der Waals surface area contributed by atoms with Crippen LogP contribution in [0.4, 0.5) is 0 Å². The van der Waals surface area contributed by atoms with Crippen LogP contribution in [0.25, 0.3) is 0 Å². The monoisotopic (exact) mass is 311 g/mol. The second-order valence-electron chi connectivity index (χ2n) is 5.50. The predicted molar refractivity (Wildman–Crippen MR) is 74.8 cm³/mol. The van der Waals surface area contributed by atoms with E-state index in [2.05, 4.69) is 0 Å². The van der Waals surface area contributed by atoms with Gasteiger partial charge in [0.1, 0.15) is 12.3 Å². The van der Waals surface area contributed by atoms with Crippen LogP contribution in [0.15, 0.2) is 23.1 Å². The summed E-state index contributed by atoms with van der Waals surface area (Å²) >= 11 is 0. The van der Waals surface area contributed by atoms with Crippen molar-refractivity contribution in [3.05, 3.63) is 23.8 Å². The van der Waals surface area contributed by atoms with E-state index in [1.165, 1.54) is 6.07 Å². The van der Waals surface area contributed by atoms with Crippen molar-refractivity contribution in [1.82, 2.24) is 4.31 Å². The second-order valence-corrected chi connectivity index (χ2v) is 7.44. The molecule has 1 aliphatic carbocycles. The molecule has 7 heteroatoms. The number of hydrogen-bond donors (Lipinski definition) is 1. The lowest BCUT2D eigenvalue weighted by molar-refractivity contribution is -0.137. The van der Waals surface area contributed by atoms with E-state index < -0.39 is 22.5 Å². The van der Waals surface area contributed by atoms with E-state index in [4.69, 9.17) is 9.84 Å². The molecule has 21 heavy (non-hydrogen) atoms. The lowest BCUT2D eigenvalue weighted by atomic mass is 10.2. The molecule has 1 N–H and O–H groups in total. The Labute approximate surface area is 123 Å². The number of hydrogen-bond acceptors (Lipinski definition) is 4. The van der Waals surface area contributed by atoms with E-state index in [0.717, 1.165) is 22.7 Å². The van der Waals surface area contributed by atoms with Crippen LogP contribution in [-0.4, -0.2) is 43.5 Å². The molecule has 3 rings (SSSR count). The summed E-state index contributed by atoms with van der Waals surface area (Å²) in [7, 11) is -3.78. The van der Waals surface area contributed by atoms with Crippen molar-refractivity contribution in [1.29, 1.82) is 0 Å². The number of carboxylic acids is 1. The summed E-state index contributed by atoms with van der Waals surface area (Å²) < 4.78 is 31.7. The molecule has 0 unspecified atom stereocenters. The van der Waals surface area contributed by atoms with Gasteiger partial charge in [-0.1, -0.05) is 0 Å². The molecule has 0 radical (unpaired) electrons. The molecule has 2 aliphatic rings. The van der Waals surface area contributed by atoms with E-state index in [9.17, 15) is 13.2 Å². The molecule has 1 heterocycles. The predicted octanol–water partition coefficient (Wildman–Crippen LogP) is 1.11. The first-order chi connectivity index (χ1) is 9.96. The van der Waals surface area contributed by atoms with Gasteiger partial charge in [-0.2, -0.15) is 4.31 Å². The van der Waals surface area contributed by atoms with Gasteiger partial charge in [-0.25, -0.2) is 8.42 Å².